The number of alkyl halides is 1. The second-order valence-corrected chi connectivity index (χ2v) is 8.78. The number of unbranched alkanes of at least 4 members (excludes halogenated alkanes) is 1. The summed E-state index contributed by atoms with van der Waals surface area (Å²) in [5, 5.41) is 21.6. The van der Waals surface area contributed by atoms with Crippen molar-refractivity contribution in [1.82, 2.24) is 19.4 Å². The molecule has 2 aliphatic rings. The van der Waals surface area contributed by atoms with E-state index in [1.165, 1.54) is 6.33 Å². The minimum Gasteiger partial charge on any atom is -0.387 e. The first-order chi connectivity index (χ1) is 14.5. The number of ether oxygens (including phenoxy) is 1. The van der Waals surface area contributed by atoms with E-state index in [2.05, 4.69) is 30.8 Å². The third kappa shape index (κ3) is 4.38. The summed E-state index contributed by atoms with van der Waals surface area (Å²) in [7, 11) is 0. The quantitative estimate of drug-likeness (QED) is 0.426. The number of nitrogens with two attached hydrogens (primary N) is 1. The fourth-order valence-corrected chi connectivity index (χ4v) is 4.80. The number of hydrogen-bond acceptors (Lipinski definition) is 7. The summed E-state index contributed by atoms with van der Waals surface area (Å²) in [6.07, 6.45) is 5.77. The maximum Gasteiger partial charge on any atom is 0.164 e. The Labute approximate surface area is 182 Å². The number of nitrogens with zero attached hydrogens (tertiary/aromatic N) is 4. The maximum absolute atomic E-state index is 13.4. The van der Waals surface area contributed by atoms with Gasteiger partial charge in [-0.25, -0.2) is 14.4 Å². The van der Waals surface area contributed by atoms with E-state index in [1.54, 1.807) is 16.8 Å². The van der Waals surface area contributed by atoms with Gasteiger partial charge in [0.2, 0.25) is 0 Å². The molecule has 0 spiro atoms. The van der Waals surface area contributed by atoms with Gasteiger partial charge in [-0.1, -0.05) is 12.2 Å². The molecule has 2 aromatic rings. The van der Waals surface area contributed by atoms with Crippen LogP contribution in [0.3, 0.4) is 0 Å². The monoisotopic (exact) mass is 483 g/mol. The second kappa shape index (κ2) is 9.27. The van der Waals surface area contributed by atoms with Crippen molar-refractivity contribution in [3.8, 4) is 0 Å². The van der Waals surface area contributed by atoms with Gasteiger partial charge in [-0.05, 0) is 54.7 Å². The number of hydrogen-bond donors (Lipinski definition) is 3. The van der Waals surface area contributed by atoms with Crippen LogP contribution >= 0.6 is 15.9 Å². The molecular weight excluding hydrogens is 457 g/mol. The summed E-state index contributed by atoms with van der Waals surface area (Å²) < 4.78 is 21.7. The first-order valence-corrected chi connectivity index (χ1v) is 11.1. The van der Waals surface area contributed by atoms with Crippen molar-refractivity contribution < 1.29 is 19.3 Å². The lowest BCUT2D eigenvalue weighted by molar-refractivity contribution is -0.0242. The number of aliphatic hydroxyl groups is 2. The van der Waals surface area contributed by atoms with E-state index in [0.29, 0.717) is 34.3 Å². The van der Waals surface area contributed by atoms with Crippen molar-refractivity contribution in [2.75, 3.05) is 25.4 Å². The van der Waals surface area contributed by atoms with Gasteiger partial charge in [-0.2, -0.15) is 0 Å². The molecule has 2 saturated heterocycles. The van der Waals surface area contributed by atoms with E-state index in [9.17, 15) is 14.6 Å². The topological polar surface area (TPSA) is 110 Å². The fourth-order valence-electron chi connectivity index (χ4n) is 4.20. The molecule has 2 aliphatic heterocycles. The lowest BCUT2D eigenvalue weighted by atomic mass is 10.1. The summed E-state index contributed by atoms with van der Waals surface area (Å²) in [4.78, 5) is 10.4. The zero-order valence-corrected chi connectivity index (χ0v) is 18.2. The van der Waals surface area contributed by atoms with Crippen LogP contribution in [0.25, 0.3) is 11.0 Å². The van der Waals surface area contributed by atoms with E-state index < -0.39 is 30.7 Å². The van der Waals surface area contributed by atoms with Gasteiger partial charge < -0.3 is 30.2 Å². The number of fused-ring (bicyclic) bond motifs is 1. The van der Waals surface area contributed by atoms with Gasteiger partial charge in [0, 0.05) is 17.2 Å². The molecule has 2 fully saturated rings. The average Bonchev–Trinajstić information content (AvgIpc) is 3.20. The highest BCUT2D eigenvalue weighted by atomic mass is 79.9. The van der Waals surface area contributed by atoms with Crippen molar-refractivity contribution >= 4 is 32.8 Å². The molecule has 0 bridgehead atoms. The third-order valence-electron chi connectivity index (χ3n) is 5.76. The van der Waals surface area contributed by atoms with Crippen molar-refractivity contribution in [1.29, 1.82) is 0 Å². The molecule has 4 heterocycles. The molecule has 164 valence electrons. The molecule has 1 unspecified atom stereocenters. The normalized spacial score (nSPS) is 30.6. The Balaban J connectivity index is 1.37. The molecule has 5 atom stereocenters. The number of rotatable bonds is 6. The number of anilines is 1. The number of aromatic nitrogens is 3. The van der Waals surface area contributed by atoms with Crippen LogP contribution in [0.15, 0.2) is 29.1 Å². The maximum atomic E-state index is 13.4. The van der Waals surface area contributed by atoms with Gasteiger partial charge in [0.15, 0.2) is 6.23 Å². The Hall–Kier alpha value is -1.59. The van der Waals surface area contributed by atoms with Gasteiger partial charge >= 0.3 is 0 Å². The first-order valence-electron chi connectivity index (χ1n) is 10.3. The average molecular weight is 484 g/mol. The van der Waals surface area contributed by atoms with Crippen LogP contribution in [0.1, 0.15) is 31.9 Å². The minimum atomic E-state index is -1.12. The Morgan fingerprint density at radius 2 is 2.17 bits per heavy atom. The van der Waals surface area contributed by atoms with Crippen LogP contribution in [0.5, 0.6) is 0 Å². The number of nitrogen functional groups attached to an aromatic ring is 1. The molecule has 0 amide bonds. The molecule has 0 aromatic carbocycles. The third-order valence-corrected chi connectivity index (χ3v) is 6.36. The SMILES string of the molecule is Nc1ncnc2c1c(Br)cn2[C@@H]1O[C@H](/C=C/CCCN2CCCC(F)C2)[C@@H](O)[C@H]1O. The molecular formula is C20H27BrFN5O3. The van der Waals surface area contributed by atoms with Crippen molar-refractivity contribution in [3.63, 3.8) is 0 Å². The highest BCUT2D eigenvalue weighted by Crippen LogP contribution is 2.36. The summed E-state index contributed by atoms with van der Waals surface area (Å²) in [6, 6.07) is 0. The Morgan fingerprint density at radius 3 is 2.97 bits per heavy atom. The van der Waals surface area contributed by atoms with Crippen molar-refractivity contribution in [3.05, 3.63) is 29.1 Å². The Kier molecular flexibility index (Phi) is 6.69. The predicted molar refractivity (Wildman–Crippen MR) is 115 cm³/mol. The standard InChI is InChI=1S/C20H27BrFN5O3/c21-13-10-27(19-15(13)18(23)24-11-25-19)20-17(29)16(28)14(30-20)6-2-1-3-7-26-8-4-5-12(22)9-26/h2,6,10-12,14,16-17,20,28-29H,1,3-5,7-9H2,(H2,23,24,25)/b6-2+/t12?,14-,16-,17-,20-/m1/s1. The van der Waals surface area contributed by atoms with Crippen molar-refractivity contribution in [2.24, 2.45) is 0 Å². The van der Waals surface area contributed by atoms with E-state index in [-0.39, 0.29) is 0 Å². The van der Waals surface area contributed by atoms with Gasteiger partial charge in [0.05, 0.1) is 5.39 Å². The summed E-state index contributed by atoms with van der Waals surface area (Å²) >= 11 is 3.44. The van der Waals surface area contributed by atoms with Crippen LogP contribution in [0.4, 0.5) is 10.2 Å². The largest absolute Gasteiger partial charge is 0.387 e. The second-order valence-electron chi connectivity index (χ2n) is 7.92. The van der Waals surface area contributed by atoms with E-state index in [4.69, 9.17) is 10.5 Å². The molecule has 0 saturated carbocycles. The molecule has 4 rings (SSSR count). The van der Waals surface area contributed by atoms with Crippen LogP contribution < -0.4 is 5.73 Å². The zero-order chi connectivity index (χ0) is 21.3. The van der Waals surface area contributed by atoms with Gasteiger partial charge in [-0.15, -0.1) is 0 Å². The van der Waals surface area contributed by atoms with E-state index >= 15 is 0 Å². The Bertz CT molecular complexity index is 910. The summed E-state index contributed by atoms with van der Waals surface area (Å²) in [5.41, 5.74) is 6.45. The van der Waals surface area contributed by atoms with Crippen LogP contribution in [0.2, 0.25) is 0 Å². The summed E-state index contributed by atoms with van der Waals surface area (Å²) in [6.45, 7) is 2.34. The van der Waals surface area contributed by atoms with E-state index in [1.807, 2.05) is 6.08 Å². The molecule has 4 N–H and O–H groups in total. The highest BCUT2D eigenvalue weighted by molar-refractivity contribution is 9.10. The van der Waals surface area contributed by atoms with E-state index in [0.717, 1.165) is 32.4 Å². The van der Waals surface area contributed by atoms with Crippen LogP contribution in [0, 0.1) is 0 Å². The van der Waals surface area contributed by atoms with Gasteiger partial charge in [-0.3, -0.25) is 0 Å². The molecule has 8 nitrogen and oxygen atoms in total. The number of aliphatic hydroxyl groups excluding tert-OH is 2. The predicted octanol–water partition coefficient (Wildman–Crippen LogP) is 2.17. The van der Waals surface area contributed by atoms with Crippen LogP contribution in [-0.2, 0) is 4.74 Å². The summed E-state index contributed by atoms with van der Waals surface area (Å²) in [5.74, 6) is 0.322. The highest BCUT2D eigenvalue weighted by Gasteiger charge is 2.43. The van der Waals surface area contributed by atoms with Gasteiger partial charge in [0.1, 0.15) is 42.3 Å². The zero-order valence-electron chi connectivity index (χ0n) is 16.6. The molecule has 2 aromatic heterocycles. The lowest BCUT2D eigenvalue weighted by Gasteiger charge is -2.28. The van der Waals surface area contributed by atoms with Crippen molar-refractivity contribution in [2.45, 2.75) is 56.4 Å². The Morgan fingerprint density at radius 1 is 1.33 bits per heavy atom. The number of likely N-dealkylation sites (tertiary alicyclic amines) is 1. The number of allylic oxidation sites excluding steroid dienone is 1. The van der Waals surface area contributed by atoms with Crippen LogP contribution in [-0.4, -0.2) is 73.8 Å². The number of halogens is 2. The van der Waals surface area contributed by atoms with Gasteiger partial charge in [0.25, 0.3) is 0 Å². The molecule has 10 heteroatoms. The minimum absolute atomic E-state index is 0.322. The molecule has 30 heavy (non-hydrogen) atoms. The molecule has 0 aliphatic carbocycles. The number of piperidine rings is 1. The fraction of sp³-hybridized carbons (Fsp3) is 0.600. The first kappa shape index (κ1) is 21.6. The lowest BCUT2D eigenvalue weighted by Crippen LogP contribution is -2.36. The smallest absolute Gasteiger partial charge is 0.164 e. The molecule has 0 radical (unpaired) electrons.